The maximum atomic E-state index is 11.3. The first-order valence-corrected chi connectivity index (χ1v) is 7.89. The van der Waals surface area contributed by atoms with Gasteiger partial charge in [-0.15, -0.1) is 0 Å². The number of aliphatic hydroxyl groups is 1. The van der Waals surface area contributed by atoms with Crippen molar-refractivity contribution < 1.29 is 19.2 Å². The number of hydrogen-bond acceptors (Lipinski definition) is 6. The number of ether oxygens (including phenoxy) is 1. The van der Waals surface area contributed by atoms with Gasteiger partial charge in [0.2, 0.25) is 0 Å². The Balaban J connectivity index is 1.83. The monoisotopic (exact) mass is 332 g/mol. The topological polar surface area (TPSA) is 89.0 Å². The van der Waals surface area contributed by atoms with Crippen LogP contribution in [0.25, 0.3) is 11.3 Å². The molecular weight excluding hydrogens is 312 g/mol. The zero-order chi connectivity index (χ0) is 17.1. The second kappa shape index (κ2) is 7.02. The van der Waals surface area contributed by atoms with Crippen molar-refractivity contribution in [1.82, 2.24) is 4.90 Å². The third-order valence-electron chi connectivity index (χ3n) is 4.14. The second-order valence-corrected chi connectivity index (χ2v) is 5.83. The molecular formula is C17H20N2O5. The van der Waals surface area contributed by atoms with Gasteiger partial charge in [-0.1, -0.05) is 0 Å². The van der Waals surface area contributed by atoms with Gasteiger partial charge in [0, 0.05) is 12.6 Å². The van der Waals surface area contributed by atoms with Crippen LogP contribution in [0.4, 0.5) is 5.69 Å². The molecule has 7 nitrogen and oxygen atoms in total. The highest BCUT2D eigenvalue weighted by atomic mass is 16.6. The summed E-state index contributed by atoms with van der Waals surface area (Å²) in [6.45, 7) is 1.30. The van der Waals surface area contributed by atoms with Crippen LogP contribution >= 0.6 is 0 Å². The van der Waals surface area contributed by atoms with Crippen LogP contribution in [0.15, 0.2) is 34.7 Å². The normalized spacial score (nSPS) is 14.1. The van der Waals surface area contributed by atoms with Crippen LogP contribution < -0.4 is 4.74 Å². The Morgan fingerprint density at radius 1 is 1.38 bits per heavy atom. The van der Waals surface area contributed by atoms with Gasteiger partial charge in [0.1, 0.15) is 17.3 Å². The van der Waals surface area contributed by atoms with Crippen LogP contribution in [0.1, 0.15) is 18.6 Å². The van der Waals surface area contributed by atoms with Crippen LogP contribution in [-0.2, 0) is 6.54 Å². The van der Waals surface area contributed by atoms with Gasteiger partial charge < -0.3 is 14.3 Å². The van der Waals surface area contributed by atoms with E-state index < -0.39 is 4.92 Å². The molecule has 3 rings (SSSR count). The van der Waals surface area contributed by atoms with Crippen LogP contribution in [-0.4, -0.2) is 41.2 Å². The lowest BCUT2D eigenvalue weighted by atomic mass is 10.1. The van der Waals surface area contributed by atoms with Gasteiger partial charge in [0.05, 0.1) is 36.8 Å². The molecule has 0 atom stereocenters. The summed E-state index contributed by atoms with van der Waals surface area (Å²) in [6, 6.07) is 8.77. The van der Waals surface area contributed by atoms with Gasteiger partial charge in [-0.3, -0.25) is 15.0 Å². The quantitative estimate of drug-likeness (QED) is 0.590. The minimum Gasteiger partial charge on any atom is -0.497 e. The molecule has 1 fully saturated rings. The predicted molar refractivity (Wildman–Crippen MR) is 87.9 cm³/mol. The van der Waals surface area contributed by atoms with E-state index in [0.717, 1.165) is 18.6 Å². The summed E-state index contributed by atoms with van der Waals surface area (Å²) in [5.74, 6) is 1.62. The highest BCUT2D eigenvalue weighted by Crippen LogP contribution is 2.35. The van der Waals surface area contributed by atoms with Gasteiger partial charge >= 0.3 is 0 Å². The average Bonchev–Trinajstić information content (AvgIpc) is 3.33. The molecule has 1 saturated carbocycles. The summed E-state index contributed by atoms with van der Waals surface area (Å²) in [7, 11) is 1.47. The Kier molecular flexibility index (Phi) is 4.82. The smallest absolute Gasteiger partial charge is 0.284 e. The van der Waals surface area contributed by atoms with E-state index >= 15 is 0 Å². The maximum Gasteiger partial charge on any atom is 0.284 e. The Morgan fingerprint density at radius 3 is 2.79 bits per heavy atom. The number of hydrogen-bond donors (Lipinski definition) is 1. The molecule has 0 unspecified atom stereocenters. The Morgan fingerprint density at radius 2 is 2.17 bits per heavy atom. The molecule has 1 aromatic carbocycles. The van der Waals surface area contributed by atoms with Crippen molar-refractivity contribution in [1.29, 1.82) is 0 Å². The SMILES string of the molecule is COc1ccc(-c2ccc(CN(CCO)C3CC3)o2)c([N+](=O)[O-])c1. The van der Waals surface area contributed by atoms with Crippen molar-refractivity contribution in [3.05, 3.63) is 46.2 Å². The average molecular weight is 332 g/mol. The van der Waals surface area contributed by atoms with E-state index in [1.54, 1.807) is 18.2 Å². The predicted octanol–water partition coefficient (Wildman–Crippen LogP) is 2.82. The van der Waals surface area contributed by atoms with Gasteiger partial charge in [-0.05, 0) is 37.1 Å². The fourth-order valence-corrected chi connectivity index (χ4v) is 2.76. The fourth-order valence-electron chi connectivity index (χ4n) is 2.76. The molecule has 0 amide bonds. The van der Waals surface area contributed by atoms with E-state index in [0.29, 0.717) is 36.2 Å². The number of furan rings is 1. The molecule has 0 spiro atoms. The van der Waals surface area contributed by atoms with Crippen molar-refractivity contribution in [2.75, 3.05) is 20.3 Å². The summed E-state index contributed by atoms with van der Waals surface area (Å²) in [5, 5.41) is 20.5. The lowest BCUT2D eigenvalue weighted by Gasteiger charge is -2.19. The molecule has 0 saturated heterocycles. The third kappa shape index (κ3) is 3.58. The summed E-state index contributed by atoms with van der Waals surface area (Å²) < 4.78 is 10.9. The summed E-state index contributed by atoms with van der Waals surface area (Å²) >= 11 is 0. The molecule has 0 radical (unpaired) electrons. The largest absolute Gasteiger partial charge is 0.497 e. The van der Waals surface area contributed by atoms with E-state index in [1.165, 1.54) is 13.2 Å². The number of aliphatic hydroxyl groups excluding tert-OH is 1. The number of benzene rings is 1. The molecule has 128 valence electrons. The zero-order valence-electron chi connectivity index (χ0n) is 13.5. The number of nitro benzene ring substituents is 1. The number of rotatable bonds is 8. The number of nitro groups is 1. The molecule has 2 aromatic rings. The van der Waals surface area contributed by atoms with Gasteiger partial charge in [0.15, 0.2) is 0 Å². The van der Waals surface area contributed by atoms with Gasteiger partial charge in [-0.25, -0.2) is 0 Å². The first-order valence-electron chi connectivity index (χ1n) is 7.89. The molecule has 1 aliphatic rings. The molecule has 0 bridgehead atoms. The maximum absolute atomic E-state index is 11.3. The molecule has 0 aliphatic heterocycles. The van der Waals surface area contributed by atoms with E-state index in [-0.39, 0.29) is 12.3 Å². The van der Waals surface area contributed by atoms with Crippen LogP contribution in [0.5, 0.6) is 5.75 Å². The second-order valence-electron chi connectivity index (χ2n) is 5.83. The molecule has 1 heterocycles. The van der Waals surface area contributed by atoms with E-state index in [9.17, 15) is 10.1 Å². The van der Waals surface area contributed by atoms with Crippen LogP contribution in [0, 0.1) is 10.1 Å². The van der Waals surface area contributed by atoms with Crippen molar-refractivity contribution in [2.45, 2.75) is 25.4 Å². The van der Waals surface area contributed by atoms with Crippen LogP contribution in [0.2, 0.25) is 0 Å². The third-order valence-corrected chi connectivity index (χ3v) is 4.14. The first kappa shape index (κ1) is 16.5. The van der Waals surface area contributed by atoms with Gasteiger partial charge in [-0.2, -0.15) is 0 Å². The van der Waals surface area contributed by atoms with Crippen molar-refractivity contribution >= 4 is 5.69 Å². The number of nitrogens with zero attached hydrogens (tertiary/aromatic N) is 2. The number of methoxy groups -OCH3 is 1. The minimum atomic E-state index is -0.442. The van der Waals surface area contributed by atoms with Crippen LogP contribution in [0.3, 0.4) is 0 Å². The lowest BCUT2D eigenvalue weighted by molar-refractivity contribution is -0.384. The molecule has 1 aromatic heterocycles. The minimum absolute atomic E-state index is 0.0512. The Labute approximate surface area is 139 Å². The van der Waals surface area contributed by atoms with Crippen molar-refractivity contribution in [3.63, 3.8) is 0 Å². The highest BCUT2D eigenvalue weighted by Gasteiger charge is 2.29. The standard InChI is InChI=1S/C17H20N2O5/c1-23-13-4-6-15(16(10-13)19(21)22)17-7-5-14(24-17)11-18(8-9-20)12-2-3-12/h4-7,10,12,20H,2-3,8-9,11H2,1H3. The molecule has 7 heteroatoms. The van der Waals surface area contributed by atoms with Gasteiger partial charge in [0.25, 0.3) is 5.69 Å². The molecule has 1 N–H and O–H groups in total. The highest BCUT2D eigenvalue weighted by molar-refractivity contribution is 5.71. The van der Waals surface area contributed by atoms with Crippen molar-refractivity contribution in [2.24, 2.45) is 0 Å². The zero-order valence-corrected chi connectivity index (χ0v) is 13.5. The molecule has 1 aliphatic carbocycles. The molecule has 24 heavy (non-hydrogen) atoms. The van der Waals surface area contributed by atoms with Crippen molar-refractivity contribution in [3.8, 4) is 17.1 Å². The fraction of sp³-hybridized carbons (Fsp3) is 0.412. The summed E-state index contributed by atoms with van der Waals surface area (Å²) in [6.07, 6.45) is 2.27. The Bertz CT molecular complexity index is 724. The van der Waals surface area contributed by atoms with E-state index in [4.69, 9.17) is 14.3 Å². The lowest BCUT2D eigenvalue weighted by Crippen LogP contribution is -2.28. The summed E-state index contributed by atoms with van der Waals surface area (Å²) in [5.41, 5.74) is 0.372. The Hall–Kier alpha value is -2.38. The first-order chi connectivity index (χ1) is 11.6. The van der Waals surface area contributed by atoms with E-state index in [2.05, 4.69) is 4.90 Å². The van der Waals surface area contributed by atoms with E-state index in [1.807, 2.05) is 6.07 Å². The summed E-state index contributed by atoms with van der Waals surface area (Å²) in [4.78, 5) is 13.0.